The van der Waals surface area contributed by atoms with Crippen molar-refractivity contribution in [3.8, 4) is 5.95 Å². The van der Waals surface area contributed by atoms with Crippen LogP contribution in [0.1, 0.15) is 13.3 Å². The molecule has 1 unspecified atom stereocenters. The number of nitrogens with zero attached hydrogens (tertiary/aromatic N) is 7. The van der Waals surface area contributed by atoms with Gasteiger partial charge in [-0.05, 0) is 13.3 Å². The molecule has 1 fully saturated rings. The number of aromatic nitrogens is 6. The molecule has 1 N–H and O–H groups in total. The zero-order valence-electron chi connectivity index (χ0n) is 12.1. The number of hydrogen-bond acceptors (Lipinski definition) is 8. The smallest absolute Gasteiger partial charge is 0.258 e. The van der Waals surface area contributed by atoms with E-state index in [2.05, 4.69) is 35.3 Å². The van der Waals surface area contributed by atoms with Gasteiger partial charge in [-0.3, -0.25) is 0 Å². The molecule has 1 aliphatic rings. The second-order valence-corrected chi connectivity index (χ2v) is 4.72. The van der Waals surface area contributed by atoms with Crippen molar-refractivity contribution < 1.29 is 4.74 Å². The number of nitrogens with one attached hydrogen (secondary N) is 1. The number of anilines is 2. The van der Waals surface area contributed by atoms with E-state index in [0.717, 1.165) is 26.1 Å². The Labute approximate surface area is 122 Å². The van der Waals surface area contributed by atoms with Crippen molar-refractivity contribution in [2.45, 2.75) is 19.4 Å². The minimum absolute atomic E-state index is 0.221. The van der Waals surface area contributed by atoms with Crippen molar-refractivity contribution in [1.29, 1.82) is 0 Å². The van der Waals surface area contributed by atoms with Crippen LogP contribution in [-0.2, 0) is 4.74 Å². The Bertz CT molecular complexity index is 587. The van der Waals surface area contributed by atoms with Crippen LogP contribution in [0.25, 0.3) is 5.95 Å². The summed E-state index contributed by atoms with van der Waals surface area (Å²) in [6.07, 6.45) is 4.21. The number of methoxy groups -OCH3 is 1. The zero-order chi connectivity index (χ0) is 14.7. The van der Waals surface area contributed by atoms with Crippen molar-refractivity contribution >= 4 is 11.9 Å². The molecular weight excluding hydrogens is 272 g/mol. The first kappa shape index (κ1) is 13.7. The zero-order valence-corrected chi connectivity index (χ0v) is 12.1. The molecule has 0 radical (unpaired) electrons. The summed E-state index contributed by atoms with van der Waals surface area (Å²) in [4.78, 5) is 19.3. The van der Waals surface area contributed by atoms with Gasteiger partial charge in [0.15, 0.2) is 0 Å². The summed E-state index contributed by atoms with van der Waals surface area (Å²) < 4.78 is 6.91. The summed E-state index contributed by atoms with van der Waals surface area (Å²) in [5.74, 6) is 1.62. The number of ether oxygens (including phenoxy) is 1. The SMILES string of the molecule is CCNc1nc(N2CCC(OC)C2)nc(-n2cncn2)n1. The summed E-state index contributed by atoms with van der Waals surface area (Å²) in [5, 5.41) is 7.19. The van der Waals surface area contributed by atoms with Crippen LogP contribution in [0.4, 0.5) is 11.9 Å². The summed E-state index contributed by atoms with van der Waals surface area (Å²) in [7, 11) is 1.73. The van der Waals surface area contributed by atoms with Crippen molar-refractivity contribution in [3.63, 3.8) is 0 Å². The van der Waals surface area contributed by atoms with Crippen LogP contribution >= 0.6 is 0 Å². The molecule has 3 rings (SSSR count). The molecule has 2 aromatic heterocycles. The lowest BCUT2D eigenvalue weighted by molar-refractivity contribution is 0.121. The molecule has 9 heteroatoms. The minimum Gasteiger partial charge on any atom is -0.380 e. The van der Waals surface area contributed by atoms with Crippen LogP contribution in [0.15, 0.2) is 12.7 Å². The highest BCUT2D eigenvalue weighted by Crippen LogP contribution is 2.19. The molecule has 9 nitrogen and oxygen atoms in total. The number of hydrogen-bond donors (Lipinski definition) is 1. The van der Waals surface area contributed by atoms with Gasteiger partial charge in [0, 0.05) is 26.7 Å². The van der Waals surface area contributed by atoms with Crippen molar-refractivity contribution in [2.24, 2.45) is 0 Å². The fourth-order valence-corrected chi connectivity index (χ4v) is 2.25. The molecule has 1 atom stereocenters. The van der Waals surface area contributed by atoms with Crippen LogP contribution in [0.2, 0.25) is 0 Å². The van der Waals surface area contributed by atoms with E-state index in [0.29, 0.717) is 17.8 Å². The molecule has 0 aromatic carbocycles. The summed E-state index contributed by atoms with van der Waals surface area (Å²) in [5.41, 5.74) is 0. The molecule has 21 heavy (non-hydrogen) atoms. The van der Waals surface area contributed by atoms with E-state index in [1.165, 1.54) is 11.0 Å². The maximum absolute atomic E-state index is 5.39. The van der Waals surface area contributed by atoms with Gasteiger partial charge in [-0.15, -0.1) is 0 Å². The van der Waals surface area contributed by atoms with E-state index >= 15 is 0 Å². The summed E-state index contributed by atoms with van der Waals surface area (Å²) >= 11 is 0. The Morgan fingerprint density at radius 2 is 2.19 bits per heavy atom. The first-order chi connectivity index (χ1) is 10.3. The van der Waals surface area contributed by atoms with Crippen LogP contribution in [-0.4, -0.2) is 62.6 Å². The fourth-order valence-electron chi connectivity index (χ4n) is 2.25. The Balaban J connectivity index is 1.92. The number of rotatable bonds is 5. The van der Waals surface area contributed by atoms with Gasteiger partial charge in [0.25, 0.3) is 5.95 Å². The van der Waals surface area contributed by atoms with Gasteiger partial charge in [0.05, 0.1) is 6.10 Å². The highest BCUT2D eigenvalue weighted by molar-refractivity contribution is 5.40. The standard InChI is InChI=1S/C12H18N8O/c1-3-14-10-16-11(19-5-4-9(6-19)21-2)18-12(17-10)20-8-13-7-15-20/h7-9H,3-6H2,1-2H3,(H,14,16,17,18). The van der Waals surface area contributed by atoms with Crippen LogP contribution in [0.3, 0.4) is 0 Å². The van der Waals surface area contributed by atoms with E-state index in [1.807, 2.05) is 6.92 Å². The molecule has 0 spiro atoms. The lowest BCUT2D eigenvalue weighted by atomic mass is 10.3. The van der Waals surface area contributed by atoms with E-state index in [9.17, 15) is 0 Å². The quantitative estimate of drug-likeness (QED) is 0.829. The second kappa shape index (κ2) is 6.00. The van der Waals surface area contributed by atoms with Gasteiger partial charge >= 0.3 is 0 Å². The molecule has 2 aromatic rings. The summed E-state index contributed by atoms with van der Waals surface area (Å²) in [6, 6.07) is 0. The highest BCUT2D eigenvalue weighted by atomic mass is 16.5. The average molecular weight is 290 g/mol. The fraction of sp³-hybridized carbons (Fsp3) is 0.583. The molecule has 1 aliphatic heterocycles. The predicted molar refractivity (Wildman–Crippen MR) is 76.5 cm³/mol. The molecule has 3 heterocycles. The summed E-state index contributed by atoms with van der Waals surface area (Å²) in [6.45, 7) is 4.38. The third-order valence-electron chi connectivity index (χ3n) is 3.33. The predicted octanol–water partition coefficient (Wildman–Crippen LogP) is 0.109. The monoisotopic (exact) mass is 290 g/mol. The van der Waals surface area contributed by atoms with E-state index in [-0.39, 0.29) is 6.10 Å². The van der Waals surface area contributed by atoms with Gasteiger partial charge in [0.2, 0.25) is 11.9 Å². The maximum atomic E-state index is 5.39. The second-order valence-electron chi connectivity index (χ2n) is 4.72. The van der Waals surface area contributed by atoms with Gasteiger partial charge < -0.3 is 15.0 Å². The topological polar surface area (TPSA) is 93.9 Å². The first-order valence-electron chi connectivity index (χ1n) is 6.93. The van der Waals surface area contributed by atoms with Gasteiger partial charge in [-0.1, -0.05) is 0 Å². The van der Waals surface area contributed by atoms with E-state index in [4.69, 9.17) is 4.74 Å². The molecule has 0 bridgehead atoms. The Morgan fingerprint density at radius 1 is 1.33 bits per heavy atom. The van der Waals surface area contributed by atoms with Gasteiger partial charge in [0.1, 0.15) is 12.7 Å². The molecule has 0 saturated carbocycles. The molecule has 1 saturated heterocycles. The molecule has 0 aliphatic carbocycles. The third-order valence-corrected chi connectivity index (χ3v) is 3.33. The largest absolute Gasteiger partial charge is 0.380 e. The lowest BCUT2D eigenvalue weighted by Gasteiger charge is -2.17. The first-order valence-corrected chi connectivity index (χ1v) is 6.93. The highest BCUT2D eigenvalue weighted by Gasteiger charge is 2.25. The van der Waals surface area contributed by atoms with Gasteiger partial charge in [-0.2, -0.15) is 24.7 Å². The van der Waals surface area contributed by atoms with E-state index in [1.54, 1.807) is 13.4 Å². The van der Waals surface area contributed by atoms with E-state index < -0.39 is 0 Å². The van der Waals surface area contributed by atoms with Gasteiger partial charge in [-0.25, -0.2) is 4.98 Å². The third kappa shape index (κ3) is 2.92. The maximum Gasteiger partial charge on any atom is 0.258 e. The van der Waals surface area contributed by atoms with Crippen LogP contribution in [0.5, 0.6) is 0 Å². The normalized spacial score (nSPS) is 18.2. The van der Waals surface area contributed by atoms with Crippen molar-refractivity contribution in [3.05, 3.63) is 12.7 Å². The Kier molecular flexibility index (Phi) is 3.91. The minimum atomic E-state index is 0.221. The van der Waals surface area contributed by atoms with Crippen molar-refractivity contribution in [2.75, 3.05) is 37.0 Å². The Hall–Kier alpha value is -2.29. The molecule has 0 amide bonds. The molecular formula is C12H18N8O. The van der Waals surface area contributed by atoms with Crippen LogP contribution < -0.4 is 10.2 Å². The molecule has 112 valence electrons. The lowest BCUT2D eigenvalue weighted by Crippen LogP contribution is -2.25. The van der Waals surface area contributed by atoms with Crippen molar-refractivity contribution in [1.82, 2.24) is 29.7 Å². The average Bonchev–Trinajstić information content (AvgIpc) is 3.19. The Morgan fingerprint density at radius 3 is 2.86 bits per heavy atom. The van der Waals surface area contributed by atoms with Crippen LogP contribution in [0, 0.1) is 0 Å².